The predicted molar refractivity (Wildman–Crippen MR) is 83.2 cm³/mol. The Hall–Kier alpha value is -2.49. The van der Waals surface area contributed by atoms with Gasteiger partial charge in [-0.05, 0) is 18.6 Å². The number of nitro benzene ring substituents is 1. The van der Waals surface area contributed by atoms with E-state index in [0.29, 0.717) is 6.42 Å². The largest absolute Gasteiger partial charge is 0.452 e. The lowest BCUT2D eigenvalue weighted by Crippen LogP contribution is -2.40. The summed E-state index contributed by atoms with van der Waals surface area (Å²) < 4.78 is 27.7. The van der Waals surface area contributed by atoms with E-state index in [1.54, 1.807) is 0 Å². The van der Waals surface area contributed by atoms with Gasteiger partial charge in [0.1, 0.15) is 0 Å². The zero-order valence-corrected chi connectivity index (χ0v) is 13.7. The molecule has 130 valence electrons. The molecule has 1 heterocycles. The number of hydrogen-bond donors (Lipinski definition) is 0. The molecule has 1 amide bonds. The summed E-state index contributed by atoms with van der Waals surface area (Å²) in [6, 6.07) is 4.37. The molecule has 1 saturated heterocycles. The molecule has 1 aliphatic rings. The molecule has 0 radical (unpaired) electrons. The zero-order valence-electron chi connectivity index (χ0n) is 12.9. The van der Waals surface area contributed by atoms with Gasteiger partial charge in [0.2, 0.25) is 0 Å². The summed E-state index contributed by atoms with van der Waals surface area (Å²) in [5, 5.41) is 10.5. The third-order valence-electron chi connectivity index (χ3n) is 3.79. The maximum absolute atomic E-state index is 12.0. The Kier molecular flexibility index (Phi) is 5.17. The van der Waals surface area contributed by atoms with Crippen LogP contribution in [0.4, 0.5) is 5.69 Å². The van der Waals surface area contributed by atoms with E-state index in [2.05, 4.69) is 0 Å². The van der Waals surface area contributed by atoms with E-state index >= 15 is 0 Å². The number of rotatable bonds is 5. The second-order valence-corrected chi connectivity index (χ2v) is 7.67. The van der Waals surface area contributed by atoms with Crippen molar-refractivity contribution in [2.45, 2.75) is 12.5 Å². The second kappa shape index (κ2) is 6.95. The molecule has 0 unspecified atom stereocenters. The van der Waals surface area contributed by atoms with Crippen LogP contribution in [-0.4, -0.2) is 61.3 Å². The van der Waals surface area contributed by atoms with Crippen molar-refractivity contribution >= 4 is 27.4 Å². The van der Waals surface area contributed by atoms with Gasteiger partial charge in [-0.2, -0.15) is 0 Å². The van der Waals surface area contributed by atoms with Gasteiger partial charge in [-0.25, -0.2) is 13.2 Å². The fourth-order valence-electron chi connectivity index (χ4n) is 2.32. The summed E-state index contributed by atoms with van der Waals surface area (Å²) in [4.78, 5) is 35.0. The van der Waals surface area contributed by atoms with Crippen LogP contribution in [-0.2, 0) is 19.4 Å². The average molecular weight is 356 g/mol. The molecule has 24 heavy (non-hydrogen) atoms. The molecule has 2 rings (SSSR count). The van der Waals surface area contributed by atoms with E-state index in [9.17, 15) is 28.1 Å². The Balaban J connectivity index is 1.89. The molecule has 1 fully saturated rings. The first-order valence-electron chi connectivity index (χ1n) is 7.07. The summed E-state index contributed by atoms with van der Waals surface area (Å²) in [5.41, 5.74) is -0.0794. The number of non-ortho nitro benzene ring substituents is 1. The van der Waals surface area contributed by atoms with Crippen LogP contribution in [0.25, 0.3) is 0 Å². The second-order valence-electron chi connectivity index (χ2n) is 5.44. The number of ether oxygens (including phenoxy) is 1. The van der Waals surface area contributed by atoms with Crippen molar-refractivity contribution in [2.24, 2.45) is 0 Å². The molecule has 0 bridgehead atoms. The molecule has 10 heteroatoms. The maximum atomic E-state index is 12.0. The summed E-state index contributed by atoms with van der Waals surface area (Å²) in [6.45, 7) is -0.525. The first kappa shape index (κ1) is 17.9. The van der Waals surface area contributed by atoms with Gasteiger partial charge in [-0.1, -0.05) is 0 Å². The predicted octanol–water partition coefficient (Wildman–Crippen LogP) is 0.397. The van der Waals surface area contributed by atoms with Gasteiger partial charge in [-0.3, -0.25) is 14.9 Å². The van der Waals surface area contributed by atoms with Gasteiger partial charge in [-0.15, -0.1) is 0 Å². The third kappa shape index (κ3) is 4.28. The summed E-state index contributed by atoms with van der Waals surface area (Å²) in [7, 11) is -1.65. The Bertz CT molecular complexity index is 758. The number of nitrogens with zero attached hydrogens (tertiary/aromatic N) is 2. The molecule has 1 aromatic carbocycles. The van der Waals surface area contributed by atoms with Crippen LogP contribution in [0.5, 0.6) is 0 Å². The van der Waals surface area contributed by atoms with Crippen LogP contribution in [0.15, 0.2) is 24.3 Å². The van der Waals surface area contributed by atoms with Crippen molar-refractivity contribution in [1.29, 1.82) is 0 Å². The molecular formula is C14H16N2O7S. The SMILES string of the molecule is CN(C(=O)COC(=O)c1ccc([N+](=O)[O-])cc1)[C@@H]1CCS(=O)(=O)C1. The van der Waals surface area contributed by atoms with Crippen LogP contribution in [0.1, 0.15) is 16.8 Å². The fourth-order valence-corrected chi connectivity index (χ4v) is 4.09. The minimum absolute atomic E-state index is 0.0396. The highest BCUT2D eigenvalue weighted by Gasteiger charge is 2.32. The maximum Gasteiger partial charge on any atom is 0.338 e. The average Bonchev–Trinajstić information content (AvgIpc) is 2.91. The molecule has 1 aliphatic heterocycles. The van der Waals surface area contributed by atoms with E-state index in [-0.39, 0.29) is 22.8 Å². The van der Waals surface area contributed by atoms with Gasteiger partial charge < -0.3 is 9.64 Å². The van der Waals surface area contributed by atoms with Gasteiger partial charge in [0, 0.05) is 25.2 Å². The van der Waals surface area contributed by atoms with Gasteiger partial charge in [0.05, 0.1) is 22.0 Å². The van der Waals surface area contributed by atoms with Crippen LogP contribution in [0.3, 0.4) is 0 Å². The number of likely N-dealkylation sites (N-methyl/N-ethyl adjacent to an activating group) is 1. The number of nitro groups is 1. The Morgan fingerprint density at radius 2 is 1.96 bits per heavy atom. The highest BCUT2D eigenvalue weighted by Crippen LogP contribution is 2.17. The summed E-state index contributed by atoms with van der Waals surface area (Å²) >= 11 is 0. The topological polar surface area (TPSA) is 124 Å². The van der Waals surface area contributed by atoms with E-state index < -0.39 is 39.3 Å². The van der Waals surface area contributed by atoms with Crippen LogP contribution in [0, 0.1) is 10.1 Å². The zero-order chi connectivity index (χ0) is 17.9. The molecule has 1 atom stereocenters. The molecule has 0 aromatic heterocycles. The normalized spacial score (nSPS) is 18.8. The lowest BCUT2D eigenvalue weighted by molar-refractivity contribution is -0.384. The van der Waals surface area contributed by atoms with Crippen molar-refractivity contribution < 1.29 is 27.7 Å². The van der Waals surface area contributed by atoms with Crippen molar-refractivity contribution in [2.75, 3.05) is 25.2 Å². The van der Waals surface area contributed by atoms with Gasteiger partial charge in [0.15, 0.2) is 16.4 Å². The molecule has 0 saturated carbocycles. The minimum Gasteiger partial charge on any atom is -0.452 e. The number of hydrogen-bond acceptors (Lipinski definition) is 7. The van der Waals surface area contributed by atoms with Crippen LogP contribution >= 0.6 is 0 Å². The van der Waals surface area contributed by atoms with Crippen molar-refractivity contribution in [3.05, 3.63) is 39.9 Å². The van der Waals surface area contributed by atoms with E-state index in [1.165, 1.54) is 24.1 Å². The Labute approximate surface area is 138 Å². The molecule has 0 aliphatic carbocycles. The highest BCUT2D eigenvalue weighted by atomic mass is 32.2. The van der Waals surface area contributed by atoms with Gasteiger partial charge >= 0.3 is 5.97 Å². The highest BCUT2D eigenvalue weighted by molar-refractivity contribution is 7.91. The number of benzene rings is 1. The number of amides is 1. The quantitative estimate of drug-likeness (QED) is 0.425. The smallest absolute Gasteiger partial charge is 0.338 e. The van der Waals surface area contributed by atoms with E-state index in [0.717, 1.165) is 12.1 Å². The van der Waals surface area contributed by atoms with Crippen molar-refractivity contribution in [1.82, 2.24) is 4.90 Å². The number of carbonyl (C=O) groups excluding carboxylic acids is 2. The molecule has 0 N–H and O–H groups in total. The first-order chi connectivity index (χ1) is 11.2. The van der Waals surface area contributed by atoms with Crippen molar-refractivity contribution in [3.63, 3.8) is 0 Å². The van der Waals surface area contributed by atoms with Crippen LogP contribution < -0.4 is 0 Å². The Morgan fingerprint density at radius 3 is 2.46 bits per heavy atom. The minimum atomic E-state index is -3.12. The lowest BCUT2D eigenvalue weighted by Gasteiger charge is -2.23. The Morgan fingerprint density at radius 1 is 1.33 bits per heavy atom. The molecule has 0 spiro atoms. The lowest BCUT2D eigenvalue weighted by atomic mass is 10.2. The number of sulfone groups is 1. The number of carbonyl (C=O) groups is 2. The van der Waals surface area contributed by atoms with Crippen molar-refractivity contribution in [3.8, 4) is 0 Å². The van der Waals surface area contributed by atoms with E-state index in [1.807, 2.05) is 0 Å². The standard InChI is InChI=1S/C14H16N2O7S/c1-15(12-6-7-24(21,22)9-12)13(17)8-23-14(18)10-2-4-11(5-3-10)16(19)20/h2-5,12H,6-9H2,1H3/t12-/m1/s1. The summed E-state index contributed by atoms with van der Waals surface area (Å²) in [6.07, 6.45) is 0.362. The van der Waals surface area contributed by atoms with Gasteiger partial charge in [0.25, 0.3) is 11.6 Å². The third-order valence-corrected chi connectivity index (χ3v) is 5.54. The molecular weight excluding hydrogens is 340 g/mol. The monoisotopic (exact) mass is 356 g/mol. The number of esters is 1. The first-order valence-corrected chi connectivity index (χ1v) is 8.89. The fraction of sp³-hybridized carbons (Fsp3) is 0.429. The summed E-state index contributed by atoms with van der Waals surface area (Å²) in [5.74, 6) is -1.35. The molecule has 9 nitrogen and oxygen atoms in total. The van der Waals surface area contributed by atoms with E-state index in [4.69, 9.17) is 4.74 Å². The van der Waals surface area contributed by atoms with Crippen LogP contribution in [0.2, 0.25) is 0 Å². The molecule has 1 aromatic rings.